The van der Waals surface area contributed by atoms with Crippen LogP contribution in [0.25, 0.3) is 0 Å². The number of sulfonamides is 1. The molecule has 126 valence electrons. The molecular formula is C18H20N2O3S. The number of amides is 1. The van der Waals surface area contributed by atoms with Gasteiger partial charge in [0.05, 0.1) is 10.6 Å². The minimum absolute atomic E-state index is 0.0106. The number of hydrogen-bond acceptors (Lipinski definition) is 3. The van der Waals surface area contributed by atoms with Crippen molar-refractivity contribution in [2.24, 2.45) is 0 Å². The first kappa shape index (κ1) is 14.7. The molecule has 5 nitrogen and oxygen atoms in total. The lowest BCUT2D eigenvalue weighted by molar-refractivity contribution is -0.118. The minimum atomic E-state index is -3.48. The van der Waals surface area contributed by atoms with E-state index in [0.717, 1.165) is 42.5 Å². The lowest BCUT2D eigenvalue weighted by Crippen LogP contribution is -2.42. The Hall–Kier alpha value is -1.66. The molecule has 1 aromatic rings. The molecule has 4 aliphatic rings. The molecule has 0 spiro atoms. The quantitative estimate of drug-likeness (QED) is 0.771. The molecule has 0 radical (unpaired) electrons. The molecule has 0 aliphatic carbocycles. The van der Waals surface area contributed by atoms with Crippen LogP contribution in [0.2, 0.25) is 0 Å². The number of hydrogen-bond donors (Lipinski definition) is 0. The van der Waals surface area contributed by atoms with Gasteiger partial charge in [-0.1, -0.05) is 12.2 Å². The van der Waals surface area contributed by atoms with Gasteiger partial charge in [0, 0.05) is 25.0 Å². The normalized spacial score (nSPS) is 28.5. The predicted octanol–water partition coefficient (Wildman–Crippen LogP) is 2.00. The average molecular weight is 344 g/mol. The monoisotopic (exact) mass is 344 g/mol. The Bertz CT molecular complexity index is 874. The van der Waals surface area contributed by atoms with Crippen LogP contribution < -0.4 is 4.90 Å². The fourth-order valence-electron chi connectivity index (χ4n) is 4.76. The standard InChI is InChI=1S/C18H20N2O3S/c21-17-7-4-12-10-16(11-13-8-9-19(17)18(12)13)24(22,23)20-14-2-1-3-15(20)6-5-14/h1-2,10-11,14-15H,3-9H2. The van der Waals surface area contributed by atoms with Crippen LogP contribution in [0.1, 0.15) is 36.8 Å². The molecule has 6 heteroatoms. The zero-order chi connectivity index (χ0) is 16.5. The highest BCUT2D eigenvalue weighted by atomic mass is 32.2. The Morgan fingerprint density at radius 3 is 2.62 bits per heavy atom. The molecule has 2 bridgehead atoms. The molecular weight excluding hydrogens is 324 g/mol. The van der Waals surface area contributed by atoms with E-state index < -0.39 is 10.0 Å². The smallest absolute Gasteiger partial charge is 0.243 e. The molecule has 1 amide bonds. The fraction of sp³-hybridized carbons (Fsp3) is 0.500. The van der Waals surface area contributed by atoms with Crippen LogP contribution in [0.4, 0.5) is 5.69 Å². The van der Waals surface area contributed by atoms with Gasteiger partial charge in [-0.05, 0) is 55.4 Å². The Balaban J connectivity index is 1.61. The van der Waals surface area contributed by atoms with E-state index in [0.29, 0.717) is 24.3 Å². The van der Waals surface area contributed by atoms with Gasteiger partial charge in [0.15, 0.2) is 0 Å². The number of fused-ring (bicyclic) bond motifs is 2. The van der Waals surface area contributed by atoms with Crippen molar-refractivity contribution >= 4 is 21.6 Å². The number of benzene rings is 1. The van der Waals surface area contributed by atoms with Gasteiger partial charge < -0.3 is 4.90 Å². The molecule has 1 fully saturated rings. The van der Waals surface area contributed by atoms with E-state index in [1.54, 1.807) is 4.31 Å². The summed E-state index contributed by atoms with van der Waals surface area (Å²) >= 11 is 0. The maximum absolute atomic E-state index is 13.3. The van der Waals surface area contributed by atoms with E-state index in [9.17, 15) is 13.2 Å². The highest BCUT2D eigenvalue weighted by Crippen LogP contribution is 2.41. The van der Waals surface area contributed by atoms with Gasteiger partial charge >= 0.3 is 0 Å². The van der Waals surface area contributed by atoms with E-state index in [1.165, 1.54) is 0 Å². The predicted molar refractivity (Wildman–Crippen MR) is 90.4 cm³/mol. The summed E-state index contributed by atoms with van der Waals surface area (Å²) in [5.41, 5.74) is 3.01. The zero-order valence-corrected chi connectivity index (χ0v) is 14.3. The third-order valence-corrected chi connectivity index (χ3v) is 7.80. The van der Waals surface area contributed by atoms with Gasteiger partial charge in [0.2, 0.25) is 15.9 Å². The lowest BCUT2D eigenvalue weighted by atomic mass is 10.00. The summed E-state index contributed by atoms with van der Waals surface area (Å²) in [6.07, 6.45) is 8.71. The number of anilines is 1. The van der Waals surface area contributed by atoms with Crippen LogP contribution in [0, 0.1) is 0 Å². The summed E-state index contributed by atoms with van der Waals surface area (Å²) in [4.78, 5) is 14.3. The van der Waals surface area contributed by atoms with Crippen LogP contribution in [0.5, 0.6) is 0 Å². The molecule has 2 atom stereocenters. The molecule has 0 saturated carbocycles. The molecule has 2 unspecified atom stereocenters. The summed E-state index contributed by atoms with van der Waals surface area (Å²) in [5, 5.41) is 0. The van der Waals surface area contributed by atoms with Gasteiger partial charge in [-0.3, -0.25) is 4.79 Å². The highest BCUT2D eigenvalue weighted by Gasteiger charge is 2.43. The number of carbonyl (C=O) groups is 1. The van der Waals surface area contributed by atoms with Crippen LogP contribution >= 0.6 is 0 Å². The van der Waals surface area contributed by atoms with Crippen molar-refractivity contribution in [3.8, 4) is 0 Å². The minimum Gasteiger partial charge on any atom is -0.312 e. The molecule has 24 heavy (non-hydrogen) atoms. The largest absolute Gasteiger partial charge is 0.312 e. The van der Waals surface area contributed by atoms with E-state index in [2.05, 4.69) is 6.08 Å². The van der Waals surface area contributed by atoms with Crippen molar-refractivity contribution in [2.45, 2.75) is 55.5 Å². The first-order valence-corrected chi connectivity index (χ1v) is 10.2. The SMILES string of the molecule is O=C1CCc2cc(S(=O)(=O)N3C4C=CCC3CC4)cc3c2N1CC3. The lowest BCUT2D eigenvalue weighted by Gasteiger charge is -2.31. The topological polar surface area (TPSA) is 57.7 Å². The van der Waals surface area contributed by atoms with Crippen LogP contribution in [0.3, 0.4) is 0 Å². The van der Waals surface area contributed by atoms with Gasteiger partial charge in [-0.15, -0.1) is 0 Å². The number of carbonyl (C=O) groups excluding carboxylic acids is 1. The molecule has 1 aromatic carbocycles. The Labute approximate surface area is 142 Å². The number of nitrogens with zero attached hydrogens (tertiary/aromatic N) is 2. The second-order valence-corrected chi connectivity index (χ2v) is 9.03. The summed E-state index contributed by atoms with van der Waals surface area (Å²) < 4.78 is 28.3. The highest BCUT2D eigenvalue weighted by molar-refractivity contribution is 7.89. The van der Waals surface area contributed by atoms with Crippen molar-refractivity contribution in [3.63, 3.8) is 0 Å². The average Bonchev–Trinajstić information content (AvgIpc) is 3.11. The summed E-state index contributed by atoms with van der Waals surface area (Å²) in [7, 11) is -3.48. The second-order valence-electron chi connectivity index (χ2n) is 7.18. The molecule has 0 aromatic heterocycles. The van der Waals surface area contributed by atoms with Gasteiger partial charge in [0.25, 0.3) is 0 Å². The third kappa shape index (κ3) is 1.90. The fourth-order valence-corrected chi connectivity index (χ4v) is 6.70. The zero-order valence-electron chi connectivity index (χ0n) is 13.4. The first-order valence-electron chi connectivity index (χ1n) is 8.72. The molecule has 0 N–H and O–H groups in total. The van der Waals surface area contributed by atoms with E-state index >= 15 is 0 Å². The van der Waals surface area contributed by atoms with E-state index in [4.69, 9.17) is 0 Å². The number of aryl methyl sites for hydroxylation is 1. The van der Waals surface area contributed by atoms with Crippen molar-refractivity contribution in [3.05, 3.63) is 35.4 Å². The van der Waals surface area contributed by atoms with E-state index in [-0.39, 0.29) is 18.0 Å². The van der Waals surface area contributed by atoms with Crippen LogP contribution in [-0.4, -0.2) is 37.3 Å². The molecule has 5 rings (SSSR count). The second kappa shape index (κ2) is 4.92. The molecule has 1 saturated heterocycles. The Morgan fingerprint density at radius 2 is 1.83 bits per heavy atom. The van der Waals surface area contributed by atoms with Gasteiger partial charge in [-0.2, -0.15) is 4.31 Å². The van der Waals surface area contributed by atoms with Crippen molar-refractivity contribution in [2.75, 3.05) is 11.4 Å². The van der Waals surface area contributed by atoms with Crippen molar-refractivity contribution in [1.82, 2.24) is 4.31 Å². The van der Waals surface area contributed by atoms with Gasteiger partial charge in [0.1, 0.15) is 0 Å². The number of rotatable bonds is 2. The van der Waals surface area contributed by atoms with Crippen molar-refractivity contribution in [1.29, 1.82) is 0 Å². The maximum Gasteiger partial charge on any atom is 0.243 e. The summed E-state index contributed by atoms with van der Waals surface area (Å²) in [6.45, 7) is 0.683. The molecule has 4 aliphatic heterocycles. The van der Waals surface area contributed by atoms with Gasteiger partial charge in [-0.25, -0.2) is 8.42 Å². The Morgan fingerprint density at radius 1 is 1.04 bits per heavy atom. The van der Waals surface area contributed by atoms with Crippen LogP contribution in [0.15, 0.2) is 29.2 Å². The summed E-state index contributed by atoms with van der Waals surface area (Å²) in [6, 6.07) is 3.74. The van der Waals surface area contributed by atoms with E-state index in [1.807, 2.05) is 23.1 Å². The van der Waals surface area contributed by atoms with Crippen molar-refractivity contribution < 1.29 is 13.2 Å². The van der Waals surface area contributed by atoms with Crippen LogP contribution in [-0.2, 0) is 27.7 Å². The Kier molecular flexibility index (Phi) is 3.01. The third-order valence-electron chi connectivity index (χ3n) is 5.85. The first-order chi connectivity index (χ1) is 11.6. The molecule has 4 heterocycles. The summed E-state index contributed by atoms with van der Waals surface area (Å²) in [5.74, 6) is 0.163. The maximum atomic E-state index is 13.3.